The molecule has 0 radical (unpaired) electrons. The fourth-order valence-corrected chi connectivity index (χ4v) is 3.53. The monoisotopic (exact) mass is 361 g/mol. The Morgan fingerprint density at radius 1 is 1.24 bits per heavy atom. The topological polar surface area (TPSA) is 39.1 Å². The predicted molar refractivity (Wildman–Crippen MR) is 76.1 cm³/mol. The molecule has 0 atom stereocenters. The molecule has 0 aromatic rings. The first-order valence-corrected chi connectivity index (χ1v) is 7.66. The number of hydrogen-bond donors (Lipinski definition) is 1. The number of halogens is 2. The molecule has 1 N–H and O–H groups in total. The van der Waals surface area contributed by atoms with E-state index in [1.165, 1.54) is 5.57 Å². The molecule has 0 aromatic heterocycles. The van der Waals surface area contributed by atoms with Gasteiger partial charge in [-0.25, -0.2) is 0 Å². The summed E-state index contributed by atoms with van der Waals surface area (Å²) in [5.74, 6) is 0. The molecular formula is C12H17Br2N3. The predicted octanol–water partition coefficient (Wildman–Crippen LogP) is 2.73. The van der Waals surface area contributed by atoms with Crippen molar-refractivity contribution in [1.82, 2.24) is 10.2 Å². The van der Waals surface area contributed by atoms with Crippen LogP contribution in [-0.4, -0.2) is 36.6 Å². The van der Waals surface area contributed by atoms with Crippen molar-refractivity contribution >= 4 is 31.9 Å². The molecule has 0 aromatic carbocycles. The van der Waals surface area contributed by atoms with Gasteiger partial charge < -0.3 is 5.32 Å². The number of nitrogens with one attached hydrogen (secondary N) is 1. The third-order valence-corrected chi connectivity index (χ3v) is 5.00. The maximum Gasteiger partial charge on any atom is 0.111 e. The summed E-state index contributed by atoms with van der Waals surface area (Å²) in [6.45, 7) is 3.94. The lowest BCUT2D eigenvalue weighted by Crippen LogP contribution is -2.55. The third-order valence-electron chi connectivity index (χ3n) is 3.88. The number of nitriles is 1. The van der Waals surface area contributed by atoms with Crippen molar-refractivity contribution in [2.45, 2.75) is 31.2 Å². The number of rotatable bonds is 1. The summed E-state index contributed by atoms with van der Waals surface area (Å²) in [7, 11) is 0. The molecule has 2 heterocycles. The Kier molecular flexibility index (Phi) is 4.65. The zero-order valence-corrected chi connectivity index (χ0v) is 13.0. The Balaban J connectivity index is 2.04. The van der Waals surface area contributed by atoms with Crippen molar-refractivity contribution in [3.63, 3.8) is 0 Å². The van der Waals surface area contributed by atoms with E-state index in [1.54, 1.807) is 0 Å². The summed E-state index contributed by atoms with van der Waals surface area (Å²) >= 11 is 6.97. The molecule has 0 amide bonds. The molecular weight excluding hydrogens is 346 g/mol. The molecule has 2 saturated heterocycles. The van der Waals surface area contributed by atoms with Gasteiger partial charge in [0.05, 0.1) is 9.46 Å². The van der Waals surface area contributed by atoms with Gasteiger partial charge in [-0.2, -0.15) is 5.26 Å². The maximum atomic E-state index is 9.52. The van der Waals surface area contributed by atoms with Crippen molar-refractivity contribution in [2.24, 2.45) is 0 Å². The van der Waals surface area contributed by atoms with E-state index in [1.807, 2.05) is 0 Å². The summed E-state index contributed by atoms with van der Waals surface area (Å²) in [4.78, 5) is 2.39. The van der Waals surface area contributed by atoms with Crippen molar-refractivity contribution in [2.75, 3.05) is 26.2 Å². The van der Waals surface area contributed by atoms with Crippen LogP contribution in [0, 0.1) is 11.3 Å². The van der Waals surface area contributed by atoms with Crippen molar-refractivity contribution in [3.05, 3.63) is 8.96 Å². The van der Waals surface area contributed by atoms with Crippen LogP contribution >= 0.6 is 31.9 Å². The second kappa shape index (κ2) is 5.83. The standard InChI is InChI=1S/C12H17Br2N3/c13-11(14)10-1-7-17(8-2-10)12(9-15)3-5-16-6-4-12/h16H,1-8H2. The van der Waals surface area contributed by atoms with Gasteiger partial charge in [-0.3, -0.25) is 4.90 Å². The average Bonchev–Trinajstić information content (AvgIpc) is 2.39. The molecule has 0 spiro atoms. The normalized spacial score (nSPS) is 25.4. The molecule has 0 saturated carbocycles. The van der Waals surface area contributed by atoms with E-state index in [-0.39, 0.29) is 5.54 Å². The van der Waals surface area contributed by atoms with Crippen LogP contribution < -0.4 is 5.32 Å². The number of likely N-dealkylation sites (tertiary alicyclic amines) is 1. The quantitative estimate of drug-likeness (QED) is 0.779. The zero-order valence-electron chi connectivity index (χ0n) is 9.81. The minimum absolute atomic E-state index is 0.213. The molecule has 0 bridgehead atoms. The summed E-state index contributed by atoms with van der Waals surface area (Å²) in [5.41, 5.74) is 1.22. The SMILES string of the molecule is N#CC1(N2CCC(=C(Br)Br)CC2)CCNCC1. The molecule has 5 heteroatoms. The Labute approximate surface area is 119 Å². The fraction of sp³-hybridized carbons (Fsp3) is 0.750. The third kappa shape index (κ3) is 2.93. The molecule has 2 aliphatic rings. The first-order chi connectivity index (χ1) is 8.18. The van der Waals surface area contributed by atoms with Crippen LogP contribution in [0.15, 0.2) is 8.96 Å². The van der Waals surface area contributed by atoms with Crippen LogP contribution in [0.4, 0.5) is 0 Å². The van der Waals surface area contributed by atoms with Gasteiger partial charge in [0.15, 0.2) is 0 Å². The second-order valence-corrected chi connectivity index (χ2v) is 7.39. The number of hydrogen-bond acceptors (Lipinski definition) is 3. The van der Waals surface area contributed by atoms with Crippen LogP contribution in [0.3, 0.4) is 0 Å². The summed E-state index contributed by atoms with van der Waals surface area (Å²) < 4.78 is 1.10. The molecule has 2 rings (SSSR count). The number of piperidine rings is 2. The molecule has 3 nitrogen and oxygen atoms in total. The first kappa shape index (κ1) is 13.5. The maximum absolute atomic E-state index is 9.52. The highest BCUT2D eigenvalue weighted by Gasteiger charge is 2.39. The highest BCUT2D eigenvalue weighted by atomic mass is 79.9. The highest BCUT2D eigenvalue weighted by Crippen LogP contribution is 2.33. The Hall–Kier alpha value is 0.110. The van der Waals surface area contributed by atoms with Crippen LogP contribution in [0.2, 0.25) is 0 Å². The van der Waals surface area contributed by atoms with Gasteiger partial charge in [0.25, 0.3) is 0 Å². The van der Waals surface area contributed by atoms with Crippen molar-refractivity contribution in [3.8, 4) is 6.07 Å². The van der Waals surface area contributed by atoms with Crippen LogP contribution in [-0.2, 0) is 0 Å². The van der Waals surface area contributed by atoms with Crippen LogP contribution in [0.25, 0.3) is 0 Å². The Morgan fingerprint density at radius 2 is 1.82 bits per heavy atom. The van der Waals surface area contributed by atoms with E-state index < -0.39 is 0 Å². The van der Waals surface area contributed by atoms with Crippen molar-refractivity contribution < 1.29 is 0 Å². The van der Waals surface area contributed by atoms with Crippen LogP contribution in [0.5, 0.6) is 0 Å². The van der Waals surface area contributed by atoms with E-state index in [0.29, 0.717) is 0 Å². The number of nitrogens with zero attached hydrogens (tertiary/aromatic N) is 2. The van der Waals surface area contributed by atoms with E-state index in [4.69, 9.17) is 0 Å². The van der Waals surface area contributed by atoms with Gasteiger partial charge in [0.1, 0.15) is 5.54 Å². The zero-order chi connectivity index (χ0) is 12.3. The van der Waals surface area contributed by atoms with E-state index in [9.17, 15) is 5.26 Å². The Morgan fingerprint density at radius 3 is 2.29 bits per heavy atom. The van der Waals surface area contributed by atoms with Gasteiger partial charge in [0.2, 0.25) is 0 Å². The highest BCUT2D eigenvalue weighted by molar-refractivity contribution is 9.28. The van der Waals surface area contributed by atoms with Gasteiger partial charge in [-0.05, 0) is 76.2 Å². The summed E-state index contributed by atoms with van der Waals surface area (Å²) in [6.07, 6.45) is 4.03. The molecule has 2 fully saturated rings. The minimum atomic E-state index is -0.213. The molecule has 0 unspecified atom stereocenters. The lowest BCUT2D eigenvalue weighted by Gasteiger charge is -2.43. The average molecular weight is 363 g/mol. The van der Waals surface area contributed by atoms with E-state index in [0.717, 1.165) is 55.3 Å². The minimum Gasteiger partial charge on any atom is -0.317 e. The lowest BCUT2D eigenvalue weighted by atomic mass is 9.86. The smallest absolute Gasteiger partial charge is 0.111 e. The first-order valence-electron chi connectivity index (χ1n) is 6.08. The van der Waals surface area contributed by atoms with Gasteiger partial charge >= 0.3 is 0 Å². The van der Waals surface area contributed by atoms with Crippen molar-refractivity contribution in [1.29, 1.82) is 5.26 Å². The summed E-state index contributed by atoms with van der Waals surface area (Å²) in [5, 5.41) is 12.9. The largest absolute Gasteiger partial charge is 0.317 e. The van der Waals surface area contributed by atoms with Gasteiger partial charge in [-0.15, -0.1) is 0 Å². The van der Waals surface area contributed by atoms with E-state index >= 15 is 0 Å². The Bertz CT molecular complexity index is 339. The molecule has 2 aliphatic heterocycles. The van der Waals surface area contributed by atoms with Gasteiger partial charge in [0, 0.05) is 13.1 Å². The summed E-state index contributed by atoms with van der Waals surface area (Å²) in [6, 6.07) is 2.58. The molecule has 0 aliphatic carbocycles. The second-order valence-electron chi connectivity index (χ2n) is 4.74. The van der Waals surface area contributed by atoms with E-state index in [2.05, 4.69) is 48.1 Å². The van der Waals surface area contributed by atoms with Crippen LogP contribution in [0.1, 0.15) is 25.7 Å². The molecule has 94 valence electrons. The van der Waals surface area contributed by atoms with Gasteiger partial charge in [-0.1, -0.05) is 0 Å². The fourth-order valence-electron chi connectivity index (χ4n) is 2.73. The lowest BCUT2D eigenvalue weighted by molar-refractivity contribution is 0.0952. The molecule has 17 heavy (non-hydrogen) atoms.